The lowest BCUT2D eigenvalue weighted by Crippen LogP contribution is -2.24. The molecule has 1 unspecified atom stereocenters. The second-order valence-electron chi connectivity index (χ2n) is 7.23. The number of aromatic nitrogens is 2. The van der Waals surface area contributed by atoms with Crippen LogP contribution in [0.1, 0.15) is 12.5 Å². The normalized spacial score (nSPS) is 15.3. The Morgan fingerprint density at radius 1 is 1.19 bits per heavy atom. The summed E-state index contributed by atoms with van der Waals surface area (Å²) in [5.74, 6) is -0.0407. The molecule has 1 atom stereocenters. The minimum atomic E-state index is -4.58. The average Bonchev–Trinajstić information content (AvgIpc) is 2.82. The summed E-state index contributed by atoms with van der Waals surface area (Å²) in [4.78, 5) is 41.8. The molecule has 1 aromatic heterocycles. The summed E-state index contributed by atoms with van der Waals surface area (Å²) < 4.78 is 52.4. The number of anilines is 2. The first-order valence-corrected chi connectivity index (χ1v) is 11.7. The molecule has 2 aromatic rings. The first-order valence-electron chi connectivity index (χ1n) is 10.5. The number of aliphatic imine (C=N–C) groups is 1. The van der Waals surface area contributed by atoms with Crippen LogP contribution in [0.2, 0.25) is 0 Å². The molecule has 0 aliphatic carbocycles. The molecule has 1 aliphatic rings. The van der Waals surface area contributed by atoms with Crippen molar-refractivity contribution in [1.29, 1.82) is 0 Å². The van der Waals surface area contributed by atoms with Crippen LogP contribution in [-0.2, 0) is 16.1 Å². The summed E-state index contributed by atoms with van der Waals surface area (Å²) >= 11 is 0. The van der Waals surface area contributed by atoms with Crippen molar-refractivity contribution in [3.63, 3.8) is 0 Å². The molecule has 0 fully saturated rings. The van der Waals surface area contributed by atoms with Gasteiger partial charge in [-0.2, -0.15) is 23.1 Å². The van der Waals surface area contributed by atoms with E-state index in [-0.39, 0.29) is 37.1 Å². The van der Waals surface area contributed by atoms with E-state index in [2.05, 4.69) is 25.6 Å². The Bertz CT molecular complexity index is 1100. The zero-order valence-corrected chi connectivity index (χ0v) is 19.8. The van der Waals surface area contributed by atoms with Gasteiger partial charge in [0, 0.05) is 12.6 Å². The topological polar surface area (TPSA) is 147 Å². The van der Waals surface area contributed by atoms with E-state index in [1.165, 1.54) is 18.2 Å². The maximum atomic E-state index is 12.6. The zero-order chi connectivity index (χ0) is 26.1. The fourth-order valence-electron chi connectivity index (χ4n) is 2.88. The lowest BCUT2D eigenvalue weighted by molar-refractivity contribution is -0.154. The molecular weight excluding hydrogens is 506 g/mol. The Balaban J connectivity index is 1.70. The maximum absolute atomic E-state index is 12.6. The molecule has 1 aromatic carbocycles. The van der Waals surface area contributed by atoms with Gasteiger partial charge in [0.15, 0.2) is 6.61 Å². The third-order valence-corrected chi connectivity index (χ3v) is 4.82. The molecule has 2 heterocycles. The first-order chi connectivity index (χ1) is 17.1. The molecule has 15 heteroatoms. The van der Waals surface area contributed by atoms with Crippen molar-refractivity contribution in [3.8, 4) is 11.8 Å². The molecule has 36 heavy (non-hydrogen) atoms. The van der Waals surface area contributed by atoms with Gasteiger partial charge in [-0.05, 0) is 30.7 Å². The van der Waals surface area contributed by atoms with E-state index < -0.39 is 39.3 Å². The largest absolute Gasteiger partial charge is 0.465 e. The van der Waals surface area contributed by atoms with Crippen LogP contribution in [0.5, 0.6) is 11.8 Å². The van der Waals surface area contributed by atoms with E-state index in [1.54, 1.807) is 31.2 Å². The quantitative estimate of drug-likeness (QED) is 0.267. The predicted molar refractivity (Wildman–Crippen MR) is 125 cm³/mol. The second-order valence-corrected chi connectivity index (χ2v) is 7.92. The van der Waals surface area contributed by atoms with Crippen LogP contribution >= 0.6 is 8.60 Å². The number of hydrogen-bond donors (Lipinski definition) is 4. The monoisotopic (exact) mass is 529 g/mol. The van der Waals surface area contributed by atoms with E-state index in [0.717, 1.165) is 5.56 Å². The van der Waals surface area contributed by atoms with Gasteiger partial charge in [0.1, 0.15) is 23.2 Å². The number of carbonyl (C=O) groups is 1. The van der Waals surface area contributed by atoms with E-state index in [4.69, 9.17) is 23.8 Å². The van der Waals surface area contributed by atoms with E-state index in [1.807, 2.05) is 0 Å². The molecule has 0 saturated carbocycles. The molecule has 3 rings (SSSR count). The number of benzene rings is 1. The van der Waals surface area contributed by atoms with Crippen molar-refractivity contribution < 1.29 is 41.8 Å². The second kappa shape index (κ2) is 12.5. The van der Waals surface area contributed by atoms with Crippen molar-refractivity contribution in [1.82, 2.24) is 9.97 Å². The molecule has 1 aliphatic heterocycles. The Labute approximate surface area is 205 Å². The summed E-state index contributed by atoms with van der Waals surface area (Å²) in [6.45, 7) is 0.744. The van der Waals surface area contributed by atoms with Crippen molar-refractivity contribution in [2.45, 2.75) is 19.6 Å². The van der Waals surface area contributed by atoms with Gasteiger partial charge in [0.05, 0.1) is 19.1 Å². The Hall–Kier alpha value is -3.48. The SMILES string of the molecule is CCOC(=O)C1C=CC(Nc2cc(NCc3ccc(OP(O)O)cc3)nc(OCC(F)(F)F)n2)=NC1. The third-order valence-electron chi connectivity index (χ3n) is 4.44. The molecule has 0 bridgehead atoms. The van der Waals surface area contributed by atoms with Crippen molar-refractivity contribution in [2.75, 3.05) is 30.4 Å². The average molecular weight is 529 g/mol. The number of rotatable bonds is 10. The number of hydrogen-bond acceptors (Lipinski definition) is 11. The van der Waals surface area contributed by atoms with Gasteiger partial charge in [0.25, 0.3) is 0 Å². The van der Waals surface area contributed by atoms with Gasteiger partial charge in [-0.25, -0.2) is 0 Å². The molecular formula is C21H23F3N5O6P. The van der Waals surface area contributed by atoms with Gasteiger partial charge in [-0.15, -0.1) is 0 Å². The van der Waals surface area contributed by atoms with Crippen molar-refractivity contribution in [3.05, 3.63) is 48.0 Å². The van der Waals surface area contributed by atoms with E-state index >= 15 is 0 Å². The number of alkyl halides is 3. The fourth-order valence-corrected chi connectivity index (χ4v) is 3.19. The molecule has 0 amide bonds. The first kappa shape index (κ1) is 27.1. The number of dihydropyridines is 1. The lowest BCUT2D eigenvalue weighted by Gasteiger charge is -2.16. The summed E-state index contributed by atoms with van der Waals surface area (Å²) in [6.07, 6.45) is -1.42. The van der Waals surface area contributed by atoms with Crippen LogP contribution < -0.4 is 19.9 Å². The summed E-state index contributed by atoms with van der Waals surface area (Å²) in [6, 6.07) is 7.32. The minimum absolute atomic E-state index is 0.116. The van der Waals surface area contributed by atoms with Gasteiger partial charge < -0.3 is 34.4 Å². The van der Waals surface area contributed by atoms with Crippen molar-refractivity contribution in [2.24, 2.45) is 10.9 Å². The lowest BCUT2D eigenvalue weighted by atomic mass is 10.1. The van der Waals surface area contributed by atoms with E-state index in [9.17, 15) is 18.0 Å². The highest BCUT2D eigenvalue weighted by Gasteiger charge is 2.29. The zero-order valence-electron chi connectivity index (χ0n) is 18.9. The molecule has 11 nitrogen and oxygen atoms in total. The standard InChI is InChI=1S/C21H23F3N5O6P/c1-2-33-19(30)14-5-8-16(26-11-14)27-18-9-17(28-20(29-18)34-12-21(22,23)24)25-10-13-3-6-15(7-4-13)35-36(31)32/h3-9,14,31-32H,2,10-12H2,1H3,(H2,25,26,27,28,29). The molecule has 194 valence electrons. The number of nitrogens with one attached hydrogen (secondary N) is 2. The van der Waals surface area contributed by atoms with Gasteiger partial charge in [0.2, 0.25) is 0 Å². The van der Waals surface area contributed by atoms with Gasteiger partial charge in [-0.3, -0.25) is 9.79 Å². The van der Waals surface area contributed by atoms with Crippen LogP contribution in [0.3, 0.4) is 0 Å². The highest BCUT2D eigenvalue weighted by molar-refractivity contribution is 7.39. The highest BCUT2D eigenvalue weighted by atomic mass is 31.2. The number of halogens is 3. The summed E-state index contributed by atoms with van der Waals surface area (Å²) in [7, 11) is -2.54. The predicted octanol–water partition coefficient (Wildman–Crippen LogP) is 3.18. The van der Waals surface area contributed by atoms with Crippen molar-refractivity contribution >= 4 is 32.0 Å². The van der Waals surface area contributed by atoms with Crippen LogP contribution in [0.4, 0.5) is 24.8 Å². The molecule has 0 saturated heterocycles. The Kier molecular flexibility index (Phi) is 9.39. The summed E-state index contributed by atoms with van der Waals surface area (Å²) in [5, 5.41) is 5.84. The number of amidine groups is 1. The van der Waals surface area contributed by atoms with Crippen LogP contribution in [0, 0.1) is 5.92 Å². The Morgan fingerprint density at radius 2 is 1.92 bits per heavy atom. The highest BCUT2D eigenvalue weighted by Crippen LogP contribution is 2.29. The van der Waals surface area contributed by atoms with Gasteiger partial charge >= 0.3 is 26.8 Å². The van der Waals surface area contributed by atoms with Gasteiger partial charge in [-0.1, -0.05) is 18.2 Å². The maximum Gasteiger partial charge on any atom is 0.422 e. The van der Waals surface area contributed by atoms with E-state index in [0.29, 0.717) is 5.84 Å². The minimum Gasteiger partial charge on any atom is -0.465 e. The number of ether oxygens (including phenoxy) is 2. The van der Waals surface area contributed by atoms with Crippen LogP contribution in [-0.4, -0.2) is 57.5 Å². The summed E-state index contributed by atoms with van der Waals surface area (Å²) in [5.41, 5.74) is 0.748. The fraction of sp³-hybridized carbons (Fsp3) is 0.333. The molecule has 4 N–H and O–H groups in total. The molecule has 0 radical (unpaired) electrons. The molecule has 0 spiro atoms. The Morgan fingerprint density at radius 3 is 2.53 bits per heavy atom. The van der Waals surface area contributed by atoms with Crippen LogP contribution in [0.15, 0.2) is 47.5 Å². The van der Waals surface area contributed by atoms with Crippen LogP contribution in [0.25, 0.3) is 0 Å². The number of nitrogens with zero attached hydrogens (tertiary/aromatic N) is 3. The smallest absolute Gasteiger partial charge is 0.422 e. The third kappa shape index (κ3) is 8.95. The number of esters is 1. The number of carbonyl (C=O) groups excluding carboxylic acids is 1.